The third-order valence-corrected chi connectivity index (χ3v) is 8.48. The molecule has 12 heteroatoms. The van der Waals surface area contributed by atoms with Crippen molar-refractivity contribution in [3.05, 3.63) is 96.1 Å². The van der Waals surface area contributed by atoms with Gasteiger partial charge in [0.2, 0.25) is 0 Å². The molecule has 39 heavy (non-hydrogen) atoms. The molecular formula is C27H21NO9S2. The highest BCUT2D eigenvalue weighted by atomic mass is 32.2. The summed E-state index contributed by atoms with van der Waals surface area (Å²) >= 11 is 0. The van der Waals surface area contributed by atoms with Gasteiger partial charge < -0.3 is 23.0 Å². The van der Waals surface area contributed by atoms with Gasteiger partial charge in [0.05, 0.1) is 14.2 Å². The predicted octanol–water partition coefficient (Wildman–Crippen LogP) is 4.45. The van der Waals surface area contributed by atoms with E-state index in [2.05, 4.69) is 5.16 Å². The molecule has 1 aliphatic rings. The number of ether oxygens (including phenoxy) is 2. The van der Waals surface area contributed by atoms with E-state index < -0.39 is 20.2 Å². The van der Waals surface area contributed by atoms with Gasteiger partial charge in [0, 0.05) is 11.1 Å². The first kappa shape index (κ1) is 26.1. The maximum atomic E-state index is 13.0. The largest absolute Gasteiger partial charge is 0.497 e. The van der Waals surface area contributed by atoms with Crippen molar-refractivity contribution < 1.29 is 39.9 Å². The number of fused-ring (bicyclic) bond motifs is 3. The van der Waals surface area contributed by atoms with Gasteiger partial charge in [-0.3, -0.25) is 0 Å². The second kappa shape index (κ2) is 9.97. The molecule has 0 radical (unpaired) electrons. The van der Waals surface area contributed by atoms with Crippen LogP contribution in [0.5, 0.6) is 23.0 Å². The summed E-state index contributed by atoms with van der Waals surface area (Å²) in [4.78, 5) is -0.358. The van der Waals surface area contributed by atoms with E-state index in [1.165, 1.54) is 62.8 Å². The predicted molar refractivity (Wildman–Crippen MR) is 141 cm³/mol. The third-order valence-electron chi connectivity index (χ3n) is 5.99. The van der Waals surface area contributed by atoms with Crippen LogP contribution in [0.15, 0.2) is 99.9 Å². The van der Waals surface area contributed by atoms with E-state index in [-0.39, 0.29) is 38.1 Å². The number of rotatable bonds is 8. The molecule has 4 aromatic carbocycles. The molecule has 4 aromatic rings. The first-order valence-electron chi connectivity index (χ1n) is 11.3. The first-order chi connectivity index (χ1) is 18.6. The Labute approximate surface area is 224 Å². The van der Waals surface area contributed by atoms with Crippen molar-refractivity contribution in [1.29, 1.82) is 0 Å². The highest BCUT2D eigenvalue weighted by Crippen LogP contribution is 2.40. The molecule has 0 spiro atoms. The maximum absolute atomic E-state index is 13.0. The number of hydrogen-bond acceptors (Lipinski definition) is 10. The Balaban J connectivity index is 1.45. The van der Waals surface area contributed by atoms with Crippen molar-refractivity contribution in [2.24, 2.45) is 5.16 Å². The lowest BCUT2D eigenvalue weighted by Crippen LogP contribution is -2.11. The zero-order chi connectivity index (χ0) is 27.8. The average molecular weight is 568 g/mol. The first-order valence-corrected chi connectivity index (χ1v) is 14.2. The van der Waals surface area contributed by atoms with Crippen molar-refractivity contribution in [1.82, 2.24) is 0 Å². The van der Waals surface area contributed by atoms with Crippen LogP contribution in [-0.2, 0) is 20.2 Å². The minimum absolute atomic E-state index is 0.00277. The molecule has 0 bridgehead atoms. The van der Waals surface area contributed by atoms with Crippen LogP contribution in [0.3, 0.4) is 0 Å². The van der Waals surface area contributed by atoms with Crippen molar-refractivity contribution in [2.45, 2.75) is 9.79 Å². The van der Waals surface area contributed by atoms with Gasteiger partial charge in [-0.1, -0.05) is 17.3 Å². The van der Waals surface area contributed by atoms with Crippen LogP contribution in [0.25, 0.3) is 11.1 Å². The molecule has 0 unspecified atom stereocenters. The molecule has 0 aromatic heterocycles. The summed E-state index contributed by atoms with van der Waals surface area (Å²) in [5, 5.41) is 13.2. The monoisotopic (exact) mass is 567 g/mol. The molecule has 0 saturated heterocycles. The Hall–Kier alpha value is -4.55. The summed E-state index contributed by atoms with van der Waals surface area (Å²) in [5.74, 6) is 1.24. The van der Waals surface area contributed by atoms with E-state index in [1.807, 2.05) is 0 Å². The molecule has 0 saturated carbocycles. The number of methoxy groups -OCH3 is 2. The Morgan fingerprint density at radius 3 is 1.23 bits per heavy atom. The standard InChI is InChI=1S/C27H21NO9S2/c1-34-17-3-7-19(8-4-17)36-38(30,31)21-11-13-23-24-14-12-22(16-26(24)27(28-29)25(23)15-21)39(32,33)37-20-9-5-18(35-2)6-10-20/h3-16,29H,1-2H3. The lowest BCUT2D eigenvalue weighted by molar-refractivity contribution is 0.320. The third kappa shape index (κ3) is 4.99. The second-order valence-corrected chi connectivity index (χ2v) is 11.4. The Morgan fingerprint density at radius 2 is 0.897 bits per heavy atom. The van der Waals surface area contributed by atoms with Crippen LogP contribution in [0.1, 0.15) is 11.1 Å². The summed E-state index contributed by atoms with van der Waals surface area (Å²) in [6.07, 6.45) is 0. The fourth-order valence-electron chi connectivity index (χ4n) is 4.08. The van der Waals surface area contributed by atoms with E-state index in [1.54, 1.807) is 36.4 Å². The Morgan fingerprint density at radius 1 is 0.538 bits per heavy atom. The quantitative estimate of drug-likeness (QED) is 0.164. The molecule has 1 aliphatic carbocycles. The molecule has 5 rings (SSSR count). The van der Waals surface area contributed by atoms with E-state index in [0.29, 0.717) is 22.6 Å². The van der Waals surface area contributed by atoms with E-state index in [9.17, 15) is 22.0 Å². The smallest absolute Gasteiger partial charge is 0.339 e. The summed E-state index contributed by atoms with van der Waals surface area (Å²) in [6.45, 7) is 0. The van der Waals surface area contributed by atoms with Crippen LogP contribution in [0.4, 0.5) is 0 Å². The van der Waals surface area contributed by atoms with Gasteiger partial charge in [0.15, 0.2) is 0 Å². The molecule has 1 N–H and O–H groups in total. The Bertz CT molecular complexity index is 1670. The van der Waals surface area contributed by atoms with Crippen molar-refractivity contribution in [3.63, 3.8) is 0 Å². The number of hydrogen-bond donors (Lipinski definition) is 1. The van der Waals surface area contributed by atoms with Crippen LogP contribution in [0, 0.1) is 0 Å². The number of oxime groups is 1. The molecule has 0 heterocycles. The molecule has 0 fully saturated rings. The summed E-state index contributed by atoms with van der Waals surface area (Å²) in [6, 6.07) is 20.5. The number of benzene rings is 4. The zero-order valence-corrected chi connectivity index (χ0v) is 22.2. The van der Waals surface area contributed by atoms with Gasteiger partial charge in [-0.2, -0.15) is 16.8 Å². The van der Waals surface area contributed by atoms with E-state index in [4.69, 9.17) is 17.8 Å². The normalized spacial score (nSPS) is 12.3. The average Bonchev–Trinajstić information content (AvgIpc) is 3.25. The minimum Gasteiger partial charge on any atom is -0.497 e. The SMILES string of the molecule is COc1ccc(OS(=O)(=O)c2ccc3c(c2)C(=NO)c2cc(S(=O)(=O)Oc4ccc(OC)cc4)ccc2-3)cc1. The molecule has 0 aliphatic heterocycles. The van der Waals surface area contributed by atoms with E-state index >= 15 is 0 Å². The van der Waals surface area contributed by atoms with Crippen molar-refractivity contribution in [2.75, 3.05) is 14.2 Å². The van der Waals surface area contributed by atoms with Crippen LogP contribution >= 0.6 is 0 Å². The van der Waals surface area contributed by atoms with Crippen LogP contribution in [0.2, 0.25) is 0 Å². The fourth-order valence-corrected chi connectivity index (χ4v) is 6.00. The summed E-state index contributed by atoms with van der Waals surface area (Å²) in [7, 11) is -5.52. The maximum Gasteiger partial charge on any atom is 0.339 e. The second-order valence-electron chi connectivity index (χ2n) is 8.29. The zero-order valence-electron chi connectivity index (χ0n) is 20.6. The topological polar surface area (TPSA) is 138 Å². The van der Waals surface area contributed by atoms with Crippen molar-refractivity contribution >= 4 is 25.9 Å². The van der Waals surface area contributed by atoms with Crippen LogP contribution < -0.4 is 17.8 Å². The lowest BCUT2D eigenvalue weighted by Gasteiger charge is -2.09. The molecule has 0 amide bonds. The highest BCUT2D eigenvalue weighted by Gasteiger charge is 2.30. The lowest BCUT2D eigenvalue weighted by atomic mass is 10.1. The van der Waals surface area contributed by atoms with Gasteiger partial charge in [0.1, 0.15) is 38.5 Å². The van der Waals surface area contributed by atoms with Gasteiger partial charge >= 0.3 is 20.2 Å². The van der Waals surface area contributed by atoms with E-state index in [0.717, 1.165) is 0 Å². The van der Waals surface area contributed by atoms with Gasteiger partial charge in [0.25, 0.3) is 0 Å². The number of nitrogens with zero attached hydrogens (tertiary/aromatic N) is 1. The van der Waals surface area contributed by atoms with Gasteiger partial charge in [-0.05, 0) is 83.9 Å². The minimum atomic E-state index is -4.25. The van der Waals surface area contributed by atoms with Gasteiger partial charge in [-0.15, -0.1) is 0 Å². The molecule has 200 valence electrons. The fraction of sp³-hybridized carbons (Fsp3) is 0.0741. The Kier molecular flexibility index (Phi) is 6.66. The molecule has 0 atom stereocenters. The highest BCUT2D eigenvalue weighted by molar-refractivity contribution is 7.87. The van der Waals surface area contributed by atoms with Gasteiger partial charge in [-0.25, -0.2) is 0 Å². The van der Waals surface area contributed by atoms with Crippen LogP contribution in [-0.4, -0.2) is 42.0 Å². The van der Waals surface area contributed by atoms with Crippen molar-refractivity contribution in [3.8, 4) is 34.1 Å². The summed E-state index contributed by atoms with van der Waals surface area (Å²) in [5.41, 5.74) is 1.69. The summed E-state index contributed by atoms with van der Waals surface area (Å²) < 4.78 is 72.5. The molecule has 10 nitrogen and oxygen atoms in total. The molecular weight excluding hydrogens is 546 g/mol.